The van der Waals surface area contributed by atoms with Crippen LogP contribution in [0.1, 0.15) is 31.9 Å². The monoisotopic (exact) mass is 306 g/mol. The average Bonchev–Trinajstić information content (AvgIpc) is 2.45. The smallest absolute Gasteiger partial charge is 0.175 e. The first-order valence-electron chi connectivity index (χ1n) is 6.05. The number of halogens is 1. The summed E-state index contributed by atoms with van der Waals surface area (Å²) in [6.07, 6.45) is -1.16. The lowest BCUT2D eigenvalue weighted by atomic mass is 10.0. The van der Waals surface area contributed by atoms with E-state index in [0.29, 0.717) is 11.3 Å². The summed E-state index contributed by atoms with van der Waals surface area (Å²) >= 11 is 6.20. The molecule has 1 aromatic rings. The van der Waals surface area contributed by atoms with Gasteiger partial charge in [0.2, 0.25) is 0 Å². The quantitative estimate of drug-likeness (QED) is 0.820. The maximum Gasteiger partial charge on any atom is 0.175 e. The van der Waals surface area contributed by atoms with E-state index in [0.717, 1.165) is 0 Å². The number of ether oxygens (including phenoxy) is 1. The third-order valence-corrected chi connectivity index (χ3v) is 6.70. The van der Waals surface area contributed by atoms with Crippen LogP contribution in [-0.2, 0) is 9.84 Å². The Labute approximate surface area is 119 Å². The van der Waals surface area contributed by atoms with E-state index in [-0.39, 0.29) is 12.2 Å². The van der Waals surface area contributed by atoms with Gasteiger partial charge in [-0.3, -0.25) is 0 Å². The molecular weight excluding hydrogens is 288 g/mol. The lowest BCUT2D eigenvalue weighted by molar-refractivity contribution is 0.154. The minimum Gasteiger partial charge on any atom is -0.497 e. The fraction of sp³-hybridized carbons (Fsp3) is 0.538. The van der Waals surface area contributed by atoms with Gasteiger partial charge in [-0.25, -0.2) is 8.42 Å². The van der Waals surface area contributed by atoms with Crippen LogP contribution >= 0.6 is 11.6 Å². The molecule has 1 aromatic carbocycles. The minimum atomic E-state index is -3.59. The van der Waals surface area contributed by atoms with Crippen molar-refractivity contribution in [2.45, 2.75) is 30.6 Å². The van der Waals surface area contributed by atoms with E-state index in [1.54, 1.807) is 31.2 Å². The van der Waals surface area contributed by atoms with Crippen molar-refractivity contribution in [1.29, 1.82) is 0 Å². The van der Waals surface area contributed by atoms with Crippen molar-refractivity contribution < 1.29 is 18.3 Å². The molecule has 0 saturated heterocycles. The number of alkyl halides is 1. The van der Waals surface area contributed by atoms with Gasteiger partial charge < -0.3 is 9.84 Å². The van der Waals surface area contributed by atoms with Crippen LogP contribution in [0.2, 0.25) is 0 Å². The van der Waals surface area contributed by atoms with Gasteiger partial charge in [-0.2, -0.15) is 0 Å². The van der Waals surface area contributed by atoms with Crippen molar-refractivity contribution >= 4 is 21.4 Å². The van der Waals surface area contributed by atoms with E-state index in [2.05, 4.69) is 0 Å². The molecule has 0 fully saturated rings. The second-order valence-corrected chi connectivity index (χ2v) is 7.65. The maximum absolute atomic E-state index is 12.1. The molecule has 0 aromatic heterocycles. The fourth-order valence-corrected chi connectivity index (χ4v) is 3.71. The summed E-state index contributed by atoms with van der Waals surface area (Å²) in [7, 11) is -2.06. The largest absolute Gasteiger partial charge is 0.497 e. The average molecular weight is 307 g/mol. The second-order valence-electron chi connectivity index (χ2n) is 4.22. The zero-order valence-corrected chi connectivity index (χ0v) is 12.8. The van der Waals surface area contributed by atoms with Gasteiger partial charge in [-0.1, -0.05) is 37.6 Å². The molecule has 0 radical (unpaired) electrons. The SMILES string of the molecule is CC[C@](Cl)([C@H](O)c1ccc(OC)cc1)S(=O)(=O)CC. The summed E-state index contributed by atoms with van der Waals surface area (Å²) in [5, 5.41) is 10.3. The normalized spacial score (nSPS) is 16.7. The highest BCUT2D eigenvalue weighted by Gasteiger charge is 2.46. The molecule has 0 aliphatic rings. The van der Waals surface area contributed by atoms with Gasteiger partial charge in [-0.05, 0) is 24.1 Å². The first-order chi connectivity index (χ1) is 8.82. The lowest BCUT2D eigenvalue weighted by Gasteiger charge is -2.30. The minimum absolute atomic E-state index is 0.114. The molecule has 1 rings (SSSR count). The predicted octanol–water partition coefficient (Wildman–Crippen LogP) is 2.51. The van der Waals surface area contributed by atoms with Crippen LogP contribution in [0.3, 0.4) is 0 Å². The summed E-state index contributed by atoms with van der Waals surface area (Å²) in [6, 6.07) is 6.54. The highest BCUT2D eigenvalue weighted by Crippen LogP contribution is 2.40. The summed E-state index contributed by atoms with van der Waals surface area (Å²) in [6.45, 7) is 3.16. The van der Waals surface area contributed by atoms with E-state index in [1.807, 2.05) is 0 Å². The van der Waals surface area contributed by atoms with Gasteiger partial charge in [-0.15, -0.1) is 0 Å². The third-order valence-electron chi connectivity index (χ3n) is 3.22. The molecule has 6 heteroatoms. The topological polar surface area (TPSA) is 63.6 Å². The molecule has 4 nitrogen and oxygen atoms in total. The molecule has 0 aliphatic heterocycles. The van der Waals surface area contributed by atoms with Crippen LogP contribution in [0.4, 0.5) is 0 Å². The van der Waals surface area contributed by atoms with E-state index in [1.165, 1.54) is 14.0 Å². The number of rotatable bonds is 6. The van der Waals surface area contributed by atoms with Gasteiger partial charge in [0.25, 0.3) is 0 Å². The molecule has 0 unspecified atom stereocenters. The van der Waals surface area contributed by atoms with Crippen LogP contribution in [0.5, 0.6) is 5.75 Å². The fourth-order valence-electron chi connectivity index (χ4n) is 1.86. The molecule has 19 heavy (non-hydrogen) atoms. The molecule has 0 saturated carbocycles. The Bertz CT molecular complexity index is 512. The molecule has 0 heterocycles. The Balaban J connectivity index is 3.17. The number of aliphatic hydroxyl groups is 1. The first kappa shape index (κ1) is 16.3. The zero-order valence-electron chi connectivity index (χ0n) is 11.3. The highest BCUT2D eigenvalue weighted by molar-refractivity contribution is 7.94. The van der Waals surface area contributed by atoms with Crippen LogP contribution in [-0.4, -0.2) is 30.6 Å². The van der Waals surface area contributed by atoms with Gasteiger partial charge >= 0.3 is 0 Å². The number of benzene rings is 1. The Morgan fingerprint density at radius 2 is 1.84 bits per heavy atom. The van der Waals surface area contributed by atoms with Crippen LogP contribution in [0, 0.1) is 0 Å². The Morgan fingerprint density at radius 1 is 1.32 bits per heavy atom. The summed E-state index contributed by atoms with van der Waals surface area (Å²) in [5.41, 5.74) is 0.453. The van der Waals surface area contributed by atoms with Crippen molar-refractivity contribution in [2.24, 2.45) is 0 Å². The van der Waals surface area contributed by atoms with Gasteiger partial charge in [0.05, 0.1) is 7.11 Å². The van der Waals surface area contributed by atoms with Crippen LogP contribution < -0.4 is 4.74 Å². The third kappa shape index (κ3) is 3.04. The summed E-state index contributed by atoms with van der Waals surface area (Å²) in [5.74, 6) is 0.517. The van der Waals surface area contributed by atoms with Crippen molar-refractivity contribution in [1.82, 2.24) is 0 Å². The highest BCUT2D eigenvalue weighted by atomic mass is 35.5. The van der Waals surface area contributed by atoms with Crippen molar-refractivity contribution in [3.63, 3.8) is 0 Å². The Morgan fingerprint density at radius 3 is 2.21 bits per heavy atom. The Kier molecular flexibility index (Phi) is 5.24. The standard InChI is InChI=1S/C13H19ClO4S/c1-4-13(14,19(16,17)5-2)12(15)10-6-8-11(18-3)9-7-10/h6-9,12,15H,4-5H2,1-3H3/t12-,13-/m1/s1. The summed E-state index contributed by atoms with van der Waals surface area (Å²) < 4.78 is 27.5. The summed E-state index contributed by atoms with van der Waals surface area (Å²) in [4.78, 5) is 0. The molecule has 1 N–H and O–H groups in total. The van der Waals surface area contributed by atoms with Crippen molar-refractivity contribution in [3.05, 3.63) is 29.8 Å². The number of hydrogen-bond acceptors (Lipinski definition) is 4. The van der Waals surface area contributed by atoms with E-state index >= 15 is 0 Å². The zero-order chi connectivity index (χ0) is 14.7. The number of methoxy groups -OCH3 is 1. The van der Waals surface area contributed by atoms with Gasteiger partial charge in [0.1, 0.15) is 11.9 Å². The van der Waals surface area contributed by atoms with E-state index in [9.17, 15) is 13.5 Å². The first-order valence-corrected chi connectivity index (χ1v) is 8.08. The van der Waals surface area contributed by atoms with Crippen molar-refractivity contribution in [3.8, 4) is 5.75 Å². The second kappa shape index (κ2) is 6.11. The predicted molar refractivity (Wildman–Crippen MR) is 76.3 cm³/mol. The number of aliphatic hydroxyl groups excluding tert-OH is 1. The molecule has 0 aliphatic carbocycles. The van der Waals surface area contributed by atoms with Crippen LogP contribution in [0.25, 0.3) is 0 Å². The van der Waals surface area contributed by atoms with Gasteiger partial charge in [0.15, 0.2) is 14.0 Å². The number of sulfone groups is 1. The molecular formula is C13H19ClO4S. The van der Waals surface area contributed by atoms with Crippen molar-refractivity contribution in [2.75, 3.05) is 12.9 Å². The molecule has 108 valence electrons. The molecule has 0 bridgehead atoms. The lowest BCUT2D eigenvalue weighted by Crippen LogP contribution is -2.39. The molecule has 0 amide bonds. The Hall–Kier alpha value is -0.780. The van der Waals surface area contributed by atoms with E-state index < -0.39 is 20.1 Å². The molecule has 0 spiro atoms. The van der Waals surface area contributed by atoms with Crippen LogP contribution in [0.15, 0.2) is 24.3 Å². The molecule has 2 atom stereocenters. The van der Waals surface area contributed by atoms with Gasteiger partial charge in [0, 0.05) is 5.75 Å². The maximum atomic E-state index is 12.1. The number of hydrogen-bond donors (Lipinski definition) is 1. The van der Waals surface area contributed by atoms with E-state index in [4.69, 9.17) is 16.3 Å².